The van der Waals surface area contributed by atoms with Crippen molar-refractivity contribution < 1.29 is 14.4 Å². The molecule has 6 nitrogen and oxygen atoms in total. The zero-order valence-corrected chi connectivity index (χ0v) is 12.2. The van der Waals surface area contributed by atoms with Crippen LogP contribution in [0.2, 0.25) is 0 Å². The van der Waals surface area contributed by atoms with Crippen molar-refractivity contribution in [1.82, 2.24) is 15.1 Å². The molecule has 0 heterocycles. The van der Waals surface area contributed by atoms with E-state index in [1.807, 2.05) is 6.92 Å². The van der Waals surface area contributed by atoms with E-state index in [0.717, 1.165) is 22.6 Å². The van der Waals surface area contributed by atoms with Gasteiger partial charge in [0.1, 0.15) is 0 Å². The van der Waals surface area contributed by atoms with Gasteiger partial charge in [0.15, 0.2) is 0 Å². The van der Waals surface area contributed by atoms with Gasteiger partial charge in [-0.05, 0) is 6.42 Å². The standard InChI is InChI=1S/C14H23N3O3/c1-5-8-9-15-13(19)17(11-7-3)14(20)16(10-6-2)12(4)18/h6-7H,2-3,5,8-11H2,1,4H3,(H,15,19). The van der Waals surface area contributed by atoms with Crippen molar-refractivity contribution in [3.63, 3.8) is 0 Å². The predicted molar refractivity (Wildman–Crippen MR) is 78.2 cm³/mol. The summed E-state index contributed by atoms with van der Waals surface area (Å²) >= 11 is 0. The molecule has 0 unspecified atom stereocenters. The summed E-state index contributed by atoms with van der Waals surface area (Å²) < 4.78 is 0. The van der Waals surface area contributed by atoms with Crippen LogP contribution in [0.15, 0.2) is 25.3 Å². The molecule has 0 saturated carbocycles. The molecule has 6 heteroatoms. The van der Waals surface area contributed by atoms with E-state index >= 15 is 0 Å². The Labute approximate surface area is 120 Å². The molecular weight excluding hydrogens is 258 g/mol. The molecule has 0 aliphatic carbocycles. The van der Waals surface area contributed by atoms with E-state index < -0.39 is 18.0 Å². The smallest absolute Gasteiger partial charge is 0.335 e. The third kappa shape index (κ3) is 5.69. The van der Waals surface area contributed by atoms with Gasteiger partial charge in [-0.1, -0.05) is 25.5 Å². The molecule has 0 aliphatic heterocycles. The second kappa shape index (κ2) is 9.77. The Kier molecular flexibility index (Phi) is 8.74. The van der Waals surface area contributed by atoms with Crippen molar-refractivity contribution in [3.05, 3.63) is 25.3 Å². The van der Waals surface area contributed by atoms with Crippen molar-refractivity contribution in [2.24, 2.45) is 0 Å². The minimum atomic E-state index is -0.675. The van der Waals surface area contributed by atoms with Crippen molar-refractivity contribution in [1.29, 1.82) is 0 Å². The fourth-order valence-corrected chi connectivity index (χ4v) is 1.46. The van der Waals surface area contributed by atoms with Crippen molar-refractivity contribution in [2.45, 2.75) is 26.7 Å². The third-order valence-electron chi connectivity index (χ3n) is 2.52. The molecule has 0 aliphatic rings. The number of rotatable bonds is 7. The highest BCUT2D eigenvalue weighted by atomic mass is 16.2. The Morgan fingerprint density at radius 2 is 1.65 bits per heavy atom. The number of amides is 5. The number of carbonyl (C=O) groups excluding carboxylic acids is 3. The van der Waals surface area contributed by atoms with Crippen LogP contribution in [0.5, 0.6) is 0 Å². The first kappa shape index (κ1) is 17.9. The zero-order valence-electron chi connectivity index (χ0n) is 12.2. The highest BCUT2D eigenvalue weighted by Gasteiger charge is 2.27. The Hall–Kier alpha value is -2.11. The number of hydrogen-bond acceptors (Lipinski definition) is 3. The lowest BCUT2D eigenvalue weighted by molar-refractivity contribution is -0.125. The van der Waals surface area contributed by atoms with Crippen LogP contribution >= 0.6 is 0 Å². The van der Waals surface area contributed by atoms with E-state index in [1.165, 1.54) is 19.1 Å². The summed E-state index contributed by atoms with van der Waals surface area (Å²) in [7, 11) is 0. The number of imide groups is 2. The summed E-state index contributed by atoms with van der Waals surface area (Å²) in [6.07, 6.45) is 4.63. The van der Waals surface area contributed by atoms with Gasteiger partial charge < -0.3 is 5.32 Å². The molecule has 0 atom stereocenters. The second-order valence-electron chi connectivity index (χ2n) is 4.19. The van der Waals surface area contributed by atoms with E-state index in [0.29, 0.717) is 6.54 Å². The lowest BCUT2D eigenvalue weighted by Gasteiger charge is -2.26. The van der Waals surface area contributed by atoms with Gasteiger partial charge in [0.05, 0.1) is 6.54 Å². The largest absolute Gasteiger partial charge is 0.338 e. The van der Waals surface area contributed by atoms with Crippen LogP contribution in [0.1, 0.15) is 26.7 Å². The van der Waals surface area contributed by atoms with Gasteiger partial charge in [0.25, 0.3) is 0 Å². The molecule has 1 N–H and O–H groups in total. The molecule has 20 heavy (non-hydrogen) atoms. The van der Waals surface area contributed by atoms with E-state index in [4.69, 9.17) is 0 Å². The fraction of sp³-hybridized carbons (Fsp3) is 0.500. The monoisotopic (exact) mass is 281 g/mol. The van der Waals surface area contributed by atoms with E-state index in [9.17, 15) is 14.4 Å². The van der Waals surface area contributed by atoms with E-state index in [1.54, 1.807) is 0 Å². The SMILES string of the molecule is C=CCN(C(C)=O)C(=O)N(CC=C)C(=O)NCCCC. The highest BCUT2D eigenvalue weighted by molar-refractivity contribution is 6.01. The molecule has 0 bridgehead atoms. The van der Waals surface area contributed by atoms with E-state index in [-0.39, 0.29) is 13.1 Å². The van der Waals surface area contributed by atoms with Gasteiger partial charge in [0, 0.05) is 20.0 Å². The van der Waals surface area contributed by atoms with Crippen LogP contribution in [0.25, 0.3) is 0 Å². The molecule has 0 fully saturated rings. The van der Waals surface area contributed by atoms with Gasteiger partial charge in [-0.3, -0.25) is 9.69 Å². The first-order chi connectivity index (χ1) is 9.49. The molecule has 0 spiro atoms. The van der Waals surface area contributed by atoms with Crippen LogP contribution in [-0.2, 0) is 4.79 Å². The van der Waals surface area contributed by atoms with Crippen LogP contribution in [0, 0.1) is 0 Å². The Bertz CT molecular complexity index is 380. The predicted octanol–water partition coefficient (Wildman–Crippen LogP) is 2.14. The van der Waals surface area contributed by atoms with Gasteiger partial charge >= 0.3 is 12.1 Å². The summed E-state index contributed by atoms with van der Waals surface area (Å²) in [4.78, 5) is 37.5. The molecule has 0 rings (SSSR count). The quantitative estimate of drug-likeness (QED) is 0.574. The topological polar surface area (TPSA) is 69.7 Å². The Balaban J connectivity index is 4.89. The van der Waals surface area contributed by atoms with Gasteiger partial charge in [-0.2, -0.15) is 0 Å². The van der Waals surface area contributed by atoms with Gasteiger partial charge in [0.2, 0.25) is 5.91 Å². The molecule has 112 valence electrons. The number of hydrogen-bond donors (Lipinski definition) is 1. The number of nitrogens with one attached hydrogen (secondary N) is 1. The Morgan fingerprint density at radius 1 is 1.10 bits per heavy atom. The van der Waals surface area contributed by atoms with Gasteiger partial charge in [-0.15, -0.1) is 13.2 Å². The number of urea groups is 2. The lowest BCUT2D eigenvalue weighted by atomic mass is 10.3. The van der Waals surface area contributed by atoms with E-state index in [2.05, 4.69) is 18.5 Å². The average molecular weight is 281 g/mol. The number of carbonyl (C=O) groups is 3. The highest BCUT2D eigenvalue weighted by Crippen LogP contribution is 2.02. The van der Waals surface area contributed by atoms with Crippen molar-refractivity contribution in [3.8, 4) is 0 Å². The maximum absolute atomic E-state index is 12.2. The van der Waals surface area contributed by atoms with Gasteiger partial charge in [-0.25, -0.2) is 14.5 Å². The minimum absolute atomic E-state index is 0.0394. The third-order valence-corrected chi connectivity index (χ3v) is 2.52. The summed E-state index contributed by atoms with van der Waals surface area (Å²) in [5.74, 6) is -0.440. The molecule has 5 amide bonds. The minimum Gasteiger partial charge on any atom is -0.338 e. The van der Waals surface area contributed by atoms with Crippen LogP contribution in [-0.4, -0.2) is 47.4 Å². The fourth-order valence-electron chi connectivity index (χ4n) is 1.46. The van der Waals surface area contributed by atoms with Crippen LogP contribution in [0.4, 0.5) is 9.59 Å². The maximum atomic E-state index is 12.2. The molecule has 0 saturated heterocycles. The summed E-state index contributed by atoms with van der Waals surface area (Å²) in [5, 5.41) is 2.64. The first-order valence-corrected chi connectivity index (χ1v) is 6.58. The lowest BCUT2D eigenvalue weighted by Crippen LogP contribution is -2.51. The summed E-state index contributed by atoms with van der Waals surface area (Å²) in [6.45, 7) is 10.9. The van der Waals surface area contributed by atoms with Crippen LogP contribution < -0.4 is 5.32 Å². The normalized spacial score (nSPS) is 9.50. The average Bonchev–Trinajstić information content (AvgIpc) is 2.41. The molecule has 0 aromatic rings. The second-order valence-corrected chi connectivity index (χ2v) is 4.19. The Morgan fingerprint density at radius 3 is 2.10 bits per heavy atom. The zero-order chi connectivity index (χ0) is 15.5. The molecule has 0 radical (unpaired) electrons. The van der Waals surface area contributed by atoms with Crippen molar-refractivity contribution in [2.75, 3.05) is 19.6 Å². The number of nitrogens with zero attached hydrogens (tertiary/aromatic N) is 2. The summed E-state index contributed by atoms with van der Waals surface area (Å²) in [6, 6.07) is -1.20. The van der Waals surface area contributed by atoms with Crippen molar-refractivity contribution >= 4 is 18.0 Å². The first-order valence-electron chi connectivity index (χ1n) is 6.58. The van der Waals surface area contributed by atoms with Crippen LogP contribution in [0.3, 0.4) is 0 Å². The summed E-state index contributed by atoms with van der Waals surface area (Å²) in [5.41, 5.74) is 0. The number of unbranched alkanes of at least 4 members (excludes halogenated alkanes) is 1. The maximum Gasteiger partial charge on any atom is 0.335 e. The molecule has 0 aromatic heterocycles. The molecular formula is C14H23N3O3. The molecule has 0 aromatic carbocycles.